The molecular formula is C19H15N2O4S-. The van der Waals surface area contributed by atoms with Crippen molar-refractivity contribution in [3.8, 4) is 5.75 Å². The predicted octanol–water partition coefficient (Wildman–Crippen LogP) is 2.02. The van der Waals surface area contributed by atoms with E-state index in [9.17, 15) is 14.7 Å². The number of nitrogens with one attached hydrogen (secondary N) is 1. The number of carbonyl (C=O) groups excluding carboxylic acids is 2. The summed E-state index contributed by atoms with van der Waals surface area (Å²) in [5.74, 6) is -1.07. The van der Waals surface area contributed by atoms with Crippen LogP contribution in [0.15, 0.2) is 58.4 Å². The summed E-state index contributed by atoms with van der Waals surface area (Å²) in [6.07, 6.45) is 1.74. The van der Waals surface area contributed by atoms with Crippen molar-refractivity contribution in [1.29, 1.82) is 0 Å². The Morgan fingerprint density at radius 3 is 2.54 bits per heavy atom. The van der Waals surface area contributed by atoms with Crippen LogP contribution in [0.25, 0.3) is 6.08 Å². The Kier molecular flexibility index (Phi) is 5.38. The number of carboxylic acid groups (broad SMARTS) is 1. The summed E-state index contributed by atoms with van der Waals surface area (Å²) >= 11 is 1.26. The summed E-state index contributed by atoms with van der Waals surface area (Å²) in [5.41, 5.74) is 2.71. The molecule has 1 amide bonds. The summed E-state index contributed by atoms with van der Waals surface area (Å²) < 4.78 is 5.02. The minimum absolute atomic E-state index is 0.210. The van der Waals surface area contributed by atoms with E-state index in [1.807, 2.05) is 31.2 Å². The number of thioether (sulfide) groups is 1. The molecule has 0 bridgehead atoms. The van der Waals surface area contributed by atoms with E-state index in [-0.39, 0.29) is 5.91 Å². The Labute approximate surface area is 154 Å². The van der Waals surface area contributed by atoms with Crippen molar-refractivity contribution in [3.05, 3.63) is 64.6 Å². The Bertz CT molecular complexity index is 887. The molecule has 1 N–H and O–H groups in total. The molecule has 1 saturated heterocycles. The first-order chi connectivity index (χ1) is 12.5. The minimum atomic E-state index is -1.28. The van der Waals surface area contributed by atoms with Crippen LogP contribution >= 0.6 is 11.8 Å². The number of aliphatic imine (C=N–C) groups is 1. The van der Waals surface area contributed by atoms with Gasteiger partial charge in [-0.15, -0.1) is 0 Å². The maximum atomic E-state index is 12.1. The molecule has 1 aliphatic rings. The van der Waals surface area contributed by atoms with E-state index in [4.69, 9.17) is 4.74 Å². The number of aryl methyl sites for hydroxylation is 1. The van der Waals surface area contributed by atoms with E-state index in [0.717, 1.165) is 16.8 Å². The van der Waals surface area contributed by atoms with Gasteiger partial charge in [0.05, 0.1) is 16.6 Å². The molecule has 132 valence electrons. The third-order valence-electron chi connectivity index (χ3n) is 3.45. The highest BCUT2D eigenvalue weighted by atomic mass is 32.2. The molecule has 0 radical (unpaired) electrons. The average molecular weight is 367 g/mol. The summed E-state index contributed by atoms with van der Waals surface area (Å²) in [4.78, 5) is 27.4. The lowest BCUT2D eigenvalue weighted by Crippen LogP contribution is -2.28. The van der Waals surface area contributed by atoms with Gasteiger partial charge in [0.2, 0.25) is 0 Å². The van der Waals surface area contributed by atoms with Crippen LogP contribution in [0.3, 0.4) is 0 Å². The Morgan fingerprint density at radius 1 is 1.19 bits per heavy atom. The highest BCUT2D eigenvalue weighted by molar-refractivity contribution is 8.18. The zero-order chi connectivity index (χ0) is 18.5. The van der Waals surface area contributed by atoms with Gasteiger partial charge in [-0.1, -0.05) is 29.8 Å². The fourth-order valence-corrected chi connectivity index (χ4v) is 3.01. The van der Waals surface area contributed by atoms with Crippen LogP contribution in [-0.2, 0) is 9.59 Å². The molecule has 1 heterocycles. The summed E-state index contributed by atoms with van der Waals surface area (Å²) in [6, 6.07) is 14.4. The molecule has 0 saturated carbocycles. The number of amidine groups is 1. The second-order valence-corrected chi connectivity index (χ2v) is 6.58. The summed E-state index contributed by atoms with van der Waals surface area (Å²) in [5, 5.41) is 13.6. The zero-order valence-corrected chi connectivity index (χ0v) is 14.7. The monoisotopic (exact) mass is 367 g/mol. The third kappa shape index (κ3) is 4.73. The number of hydrogen-bond donors (Lipinski definition) is 1. The van der Waals surface area contributed by atoms with Gasteiger partial charge in [-0.25, -0.2) is 4.99 Å². The molecule has 0 atom stereocenters. The smallest absolute Gasteiger partial charge is 0.264 e. The van der Waals surface area contributed by atoms with Crippen molar-refractivity contribution < 1.29 is 19.4 Å². The Balaban J connectivity index is 1.70. The van der Waals surface area contributed by atoms with Gasteiger partial charge >= 0.3 is 0 Å². The molecule has 0 spiro atoms. The van der Waals surface area contributed by atoms with Crippen molar-refractivity contribution in [3.63, 3.8) is 0 Å². The standard InChI is InChI=1S/C19H16N2O4S/c1-12-2-6-14(7-3-12)20-19-21-18(24)16(26-19)10-13-4-8-15(9-5-13)25-11-17(22)23/h2-10H,11H2,1H3,(H,22,23)(H,20,21,24)/p-1/b16-10+. The molecule has 0 aliphatic carbocycles. The Morgan fingerprint density at radius 2 is 1.88 bits per heavy atom. The molecule has 0 unspecified atom stereocenters. The number of aliphatic carboxylic acids is 1. The van der Waals surface area contributed by atoms with Gasteiger partial charge < -0.3 is 20.0 Å². The van der Waals surface area contributed by atoms with Crippen LogP contribution in [0.5, 0.6) is 5.75 Å². The largest absolute Gasteiger partial charge is 0.546 e. The average Bonchev–Trinajstić information content (AvgIpc) is 2.95. The second kappa shape index (κ2) is 7.88. The zero-order valence-electron chi connectivity index (χ0n) is 13.9. The number of benzene rings is 2. The van der Waals surface area contributed by atoms with Gasteiger partial charge in [0, 0.05) is 0 Å². The summed E-state index contributed by atoms with van der Waals surface area (Å²) in [6.45, 7) is 1.50. The molecule has 6 nitrogen and oxygen atoms in total. The van der Waals surface area contributed by atoms with Crippen LogP contribution in [0.2, 0.25) is 0 Å². The van der Waals surface area contributed by atoms with Crippen LogP contribution in [0, 0.1) is 6.92 Å². The maximum Gasteiger partial charge on any atom is 0.264 e. The fraction of sp³-hybridized carbons (Fsp3) is 0.105. The fourth-order valence-electron chi connectivity index (χ4n) is 2.17. The highest BCUT2D eigenvalue weighted by Gasteiger charge is 2.23. The van der Waals surface area contributed by atoms with Gasteiger partial charge in [0.25, 0.3) is 5.91 Å². The number of rotatable bonds is 5. The molecule has 0 aromatic heterocycles. The van der Waals surface area contributed by atoms with Crippen molar-refractivity contribution in [1.82, 2.24) is 5.32 Å². The lowest BCUT2D eigenvalue weighted by molar-refractivity contribution is -0.307. The Hall–Kier alpha value is -3.06. The lowest BCUT2D eigenvalue weighted by Gasteiger charge is -2.06. The lowest BCUT2D eigenvalue weighted by atomic mass is 10.2. The molecule has 2 aromatic carbocycles. The van der Waals surface area contributed by atoms with E-state index in [2.05, 4.69) is 10.3 Å². The first-order valence-electron chi connectivity index (χ1n) is 7.78. The van der Waals surface area contributed by atoms with Gasteiger partial charge in [-0.3, -0.25) is 4.79 Å². The van der Waals surface area contributed by atoms with Crippen molar-refractivity contribution in [2.45, 2.75) is 6.92 Å². The van der Waals surface area contributed by atoms with Crippen LogP contribution in [0.1, 0.15) is 11.1 Å². The number of amides is 1. The predicted molar refractivity (Wildman–Crippen MR) is 98.9 cm³/mol. The van der Waals surface area contributed by atoms with E-state index in [0.29, 0.717) is 15.8 Å². The van der Waals surface area contributed by atoms with E-state index < -0.39 is 12.6 Å². The van der Waals surface area contributed by atoms with Crippen molar-refractivity contribution in [2.75, 3.05) is 6.61 Å². The quantitative estimate of drug-likeness (QED) is 0.817. The third-order valence-corrected chi connectivity index (χ3v) is 4.36. The van der Waals surface area contributed by atoms with Crippen LogP contribution in [0.4, 0.5) is 5.69 Å². The minimum Gasteiger partial charge on any atom is -0.546 e. The topological polar surface area (TPSA) is 90.8 Å². The van der Waals surface area contributed by atoms with E-state index in [1.165, 1.54) is 11.8 Å². The number of ether oxygens (including phenoxy) is 1. The second-order valence-electron chi connectivity index (χ2n) is 5.55. The van der Waals surface area contributed by atoms with Gasteiger partial charge in [0.15, 0.2) is 5.17 Å². The van der Waals surface area contributed by atoms with Gasteiger partial charge in [0.1, 0.15) is 12.4 Å². The number of nitrogens with zero attached hydrogens (tertiary/aromatic N) is 1. The van der Waals surface area contributed by atoms with Crippen molar-refractivity contribution >= 4 is 40.6 Å². The molecule has 2 aromatic rings. The first kappa shape index (κ1) is 17.8. The highest BCUT2D eigenvalue weighted by Crippen LogP contribution is 2.28. The number of carboxylic acids is 1. The first-order valence-corrected chi connectivity index (χ1v) is 8.60. The SMILES string of the molecule is Cc1ccc(N=C2NC(=O)/C(=C\c3ccc(OCC(=O)[O-])cc3)S2)cc1. The van der Waals surface area contributed by atoms with Crippen molar-refractivity contribution in [2.24, 2.45) is 4.99 Å². The summed E-state index contributed by atoms with van der Waals surface area (Å²) in [7, 11) is 0. The number of hydrogen-bond acceptors (Lipinski definition) is 6. The van der Waals surface area contributed by atoms with Gasteiger partial charge in [-0.05, 0) is 54.6 Å². The molecule has 3 rings (SSSR count). The molecular weight excluding hydrogens is 352 g/mol. The van der Waals surface area contributed by atoms with E-state index >= 15 is 0 Å². The maximum absolute atomic E-state index is 12.1. The van der Waals surface area contributed by atoms with Crippen LogP contribution in [-0.4, -0.2) is 23.7 Å². The normalized spacial score (nSPS) is 16.7. The van der Waals surface area contributed by atoms with Crippen LogP contribution < -0.4 is 15.2 Å². The van der Waals surface area contributed by atoms with E-state index in [1.54, 1.807) is 30.3 Å². The molecule has 26 heavy (non-hydrogen) atoms. The van der Waals surface area contributed by atoms with Gasteiger partial charge in [-0.2, -0.15) is 0 Å². The molecule has 1 aliphatic heterocycles. The molecule has 7 heteroatoms. The number of carbonyl (C=O) groups is 2. The molecule has 1 fully saturated rings.